The largest absolute Gasteiger partial charge is 0.311 e. The molecule has 0 bridgehead atoms. The van der Waals surface area contributed by atoms with Crippen LogP contribution in [-0.4, -0.2) is 12.6 Å². The van der Waals surface area contributed by atoms with Gasteiger partial charge in [0.25, 0.3) is 0 Å². The van der Waals surface area contributed by atoms with Gasteiger partial charge in [0.05, 0.1) is 0 Å². The normalized spacial score (nSPS) is 11.4. The van der Waals surface area contributed by atoms with E-state index in [4.69, 9.17) is 0 Å². The van der Waals surface area contributed by atoms with Gasteiger partial charge in [0.2, 0.25) is 0 Å². The summed E-state index contributed by atoms with van der Waals surface area (Å²) in [5.41, 5.74) is 2.57. The molecule has 76 valence electrons. The minimum Gasteiger partial charge on any atom is -0.311 e. The summed E-state index contributed by atoms with van der Waals surface area (Å²) in [6.45, 7) is 7.35. The van der Waals surface area contributed by atoms with Crippen LogP contribution in [0.15, 0.2) is 30.3 Å². The summed E-state index contributed by atoms with van der Waals surface area (Å²) in [6.07, 6.45) is 4.31. The molecule has 1 rings (SSSR count). The second kappa shape index (κ2) is 5.61. The highest BCUT2D eigenvalue weighted by Gasteiger charge is 1.88. The van der Waals surface area contributed by atoms with Gasteiger partial charge in [-0.2, -0.15) is 0 Å². The van der Waals surface area contributed by atoms with E-state index in [2.05, 4.69) is 62.5 Å². The standard InChI is InChI=1S/C13H19N/c1-11(2)14-10-4-5-13-8-6-12(3)7-9-13/h4-9,11,14H,10H2,1-3H3. The lowest BCUT2D eigenvalue weighted by Gasteiger charge is -2.03. The van der Waals surface area contributed by atoms with Crippen molar-refractivity contribution in [3.05, 3.63) is 41.5 Å². The SMILES string of the molecule is Cc1ccc(C=CCNC(C)C)cc1. The summed E-state index contributed by atoms with van der Waals surface area (Å²) in [7, 11) is 0. The number of rotatable bonds is 4. The van der Waals surface area contributed by atoms with Crippen molar-refractivity contribution in [1.29, 1.82) is 0 Å². The van der Waals surface area contributed by atoms with Crippen LogP contribution in [0.4, 0.5) is 0 Å². The quantitative estimate of drug-likeness (QED) is 0.767. The third kappa shape index (κ3) is 4.24. The molecular weight excluding hydrogens is 170 g/mol. The fraction of sp³-hybridized carbons (Fsp3) is 0.385. The highest BCUT2D eigenvalue weighted by atomic mass is 14.9. The van der Waals surface area contributed by atoms with Crippen LogP contribution in [0.25, 0.3) is 6.08 Å². The number of hydrogen-bond donors (Lipinski definition) is 1. The molecule has 0 spiro atoms. The van der Waals surface area contributed by atoms with Crippen molar-refractivity contribution < 1.29 is 0 Å². The molecular formula is C13H19N. The van der Waals surface area contributed by atoms with Crippen LogP contribution in [0.3, 0.4) is 0 Å². The van der Waals surface area contributed by atoms with Crippen molar-refractivity contribution in [3.8, 4) is 0 Å². The third-order valence-corrected chi connectivity index (χ3v) is 2.03. The van der Waals surface area contributed by atoms with Gasteiger partial charge in [-0.3, -0.25) is 0 Å². The summed E-state index contributed by atoms with van der Waals surface area (Å²) in [5, 5.41) is 3.34. The van der Waals surface area contributed by atoms with E-state index in [0.717, 1.165) is 6.54 Å². The molecule has 0 saturated carbocycles. The first-order valence-corrected chi connectivity index (χ1v) is 5.15. The molecule has 1 N–H and O–H groups in total. The lowest BCUT2D eigenvalue weighted by Crippen LogP contribution is -2.22. The number of nitrogens with one attached hydrogen (secondary N) is 1. The van der Waals surface area contributed by atoms with Gasteiger partial charge < -0.3 is 5.32 Å². The van der Waals surface area contributed by atoms with E-state index in [9.17, 15) is 0 Å². The Bertz CT molecular complexity index is 283. The van der Waals surface area contributed by atoms with Gasteiger partial charge in [-0.1, -0.05) is 55.8 Å². The Kier molecular flexibility index (Phi) is 4.41. The molecule has 1 aromatic rings. The Morgan fingerprint density at radius 1 is 1.21 bits per heavy atom. The van der Waals surface area contributed by atoms with Crippen molar-refractivity contribution in [1.82, 2.24) is 5.32 Å². The summed E-state index contributed by atoms with van der Waals surface area (Å²) in [4.78, 5) is 0. The maximum Gasteiger partial charge on any atom is 0.0140 e. The monoisotopic (exact) mass is 189 g/mol. The molecule has 0 aromatic heterocycles. The Labute approximate surface area is 86.8 Å². The highest BCUT2D eigenvalue weighted by molar-refractivity contribution is 5.49. The summed E-state index contributed by atoms with van der Waals surface area (Å²) in [6, 6.07) is 9.10. The minimum atomic E-state index is 0.553. The maximum atomic E-state index is 3.34. The third-order valence-electron chi connectivity index (χ3n) is 2.03. The summed E-state index contributed by atoms with van der Waals surface area (Å²) >= 11 is 0. The van der Waals surface area contributed by atoms with Crippen LogP contribution < -0.4 is 5.32 Å². The van der Waals surface area contributed by atoms with Crippen LogP contribution in [-0.2, 0) is 0 Å². The first-order valence-electron chi connectivity index (χ1n) is 5.15. The fourth-order valence-corrected chi connectivity index (χ4v) is 1.18. The van der Waals surface area contributed by atoms with E-state index in [1.807, 2.05) is 0 Å². The zero-order chi connectivity index (χ0) is 10.4. The zero-order valence-corrected chi connectivity index (χ0v) is 9.25. The molecule has 0 radical (unpaired) electrons. The summed E-state index contributed by atoms with van der Waals surface area (Å²) in [5.74, 6) is 0. The second-order valence-electron chi connectivity index (χ2n) is 3.88. The van der Waals surface area contributed by atoms with Gasteiger partial charge in [0.1, 0.15) is 0 Å². The topological polar surface area (TPSA) is 12.0 Å². The molecule has 0 heterocycles. The molecule has 1 heteroatoms. The Morgan fingerprint density at radius 3 is 2.43 bits per heavy atom. The van der Waals surface area contributed by atoms with Gasteiger partial charge >= 0.3 is 0 Å². The fourth-order valence-electron chi connectivity index (χ4n) is 1.18. The lowest BCUT2D eigenvalue weighted by atomic mass is 10.1. The molecule has 0 aliphatic heterocycles. The average Bonchev–Trinajstić information content (AvgIpc) is 2.15. The maximum absolute atomic E-state index is 3.34. The van der Waals surface area contributed by atoms with Gasteiger partial charge in [-0.25, -0.2) is 0 Å². The summed E-state index contributed by atoms with van der Waals surface area (Å²) < 4.78 is 0. The van der Waals surface area contributed by atoms with E-state index >= 15 is 0 Å². The average molecular weight is 189 g/mol. The van der Waals surface area contributed by atoms with Gasteiger partial charge in [0.15, 0.2) is 0 Å². The molecule has 0 fully saturated rings. The predicted octanol–water partition coefficient (Wildman–Crippen LogP) is 3.01. The highest BCUT2D eigenvalue weighted by Crippen LogP contribution is 2.04. The van der Waals surface area contributed by atoms with E-state index in [0.29, 0.717) is 6.04 Å². The molecule has 14 heavy (non-hydrogen) atoms. The smallest absolute Gasteiger partial charge is 0.0140 e. The molecule has 0 atom stereocenters. The van der Waals surface area contributed by atoms with Crippen molar-refractivity contribution in [2.24, 2.45) is 0 Å². The Hall–Kier alpha value is -1.08. The molecule has 0 saturated heterocycles. The number of hydrogen-bond acceptors (Lipinski definition) is 1. The van der Waals surface area contributed by atoms with Gasteiger partial charge in [-0.05, 0) is 12.5 Å². The van der Waals surface area contributed by atoms with E-state index in [1.54, 1.807) is 0 Å². The first-order chi connectivity index (χ1) is 6.68. The lowest BCUT2D eigenvalue weighted by molar-refractivity contribution is 0.633. The van der Waals surface area contributed by atoms with Crippen molar-refractivity contribution >= 4 is 6.08 Å². The molecule has 0 amide bonds. The Morgan fingerprint density at radius 2 is 1.86 bits per heavy atom. The predicted molar refractivity (Wildman–Crippen MR) is 63.4 cm³/mol. The molecule has 1 nitrogen and oxygen atoms in total. The van der Waals surface area contributed by atoms with E-state index in [1.165, 1.54) is 11.1 Å². The van der Waals surface area contributed by atoms with Crippen molar-refractivity contribution in [2.45, 2.75) is 26.8 Å². The second-order valence-corrected chi connectivity index (χ2v) is 3.88. The van der Waals surface area contributed by atoms with Crippen molar-refractivity contribution in [2.75, 3.05) is 6.54 Å². The molecule has 0 aliphatic rings. The van der Waals surface area contributed by atoms with Gasteiger partial charge in [-0.15, -0.1) is 0 Å². The van der Waals surface area contributed by atoms with Crippen LogP contribution >= 0.6 is 0 Å². The van der Waals surface area contributed by atoms with Crippen LogP contribution in [0.5, 0.6) is 0 Å². The van der Waals surface area contributed by atoms with Crippen LogP contribution in [0.1, 0.15) is 25.0 Å². The van der Waals surface area contributed by atoms with E-state index < -0.39 is 0 Å². The van der Waals surface area contributed by atoms with Crippen LogP contribution in [0.2, 0.25) is 0 Å². The number of aryl methyl sites for hydroxylation is 1. The van der Waals surface area contributed by atoms with E-state index in [-0.39, 0.29) is 0 Å². The molecule has 0 aliphatic carbocycles. The zero-order valence-electron chi connectivity index (χ0n) is 9.25. The first kappa shape index (κ1) is 11.0. The molecule has 0 unspecified atom stereocenters. The number of benzene rings is 1. The van der Waals surface area contributed by atoms with Crippen LogP contribution in [0, 0.1) is 6.92 Å². The van der Waals surface area contributed by atoms with Crippen molar-refractivity contribution in [3.63, 3.8) is 0 Å². The molecule has 1 aromatic carbocycles. The Balaban J connectivity index is 2.40. The minimum absolute atomic E-state index is 0.553. The van der Waals surface area contributed by atoms with Gasteiger partial charge in [0, 0.05) is 12.6 Å².